The van der Waals surface area contributed by atoms with Crippen LogP contribution in [0.1, 0.15) is 16.1 Å². The van der Waals surface area contributed by atoms with Crippen molar-refractivity contribution in [1.29, 1.82) is 0 Å². The summed E-state index contributed by atoms with van der Waals surface area (Å²) in [5, 5.41) is 10.1. The van der Waals surface area contributed by atoms with E-state index in [4.69, 9.17) is 4.74 Å². The van der Waals surface area contributed by atoms with E-state index < -0.39 is 5.97 Å². The van der Waals surface area contributed by atoms with Gasteiger partial charge < -0.3 is 14.4 Å². The van der Waals surface area contributed by atoms with Gasteiger partial charge in [0.25, 0.3) is 0 Å². The van der Waals surface area contributed by atoms with Gasteiger partial charge in [0.2, 0.25) is 0 Å². The molecule has 0 saturated heterocycles. The standard InChI is InChI=1S/C13H15NO3/c1-9-3-4-11-10(7-9)8-12(13(15)16)14(11)5-6-17-2/h3-4,7-8H,5-6H2,1-2H3,(H,15,16). The lowest BCUT2D eigenvalue weighted by molar-refractivity contribution is 0.0683. The Hall–Kier alpha value is -1.81. The highest BCUT2D eigenvalue weighted by atomic mass is 16.5. The number of aryl methyl sites for hydroxylation is 1. The van der Waals surface area contributed by atoms with Crippen molar-refractivity contribution >= 4 is 16.9 Å². The number of methoxy groups -OCH3 is 1. The molecule has 0 bridgehead atoms. The second-order valence-corrected chi connectivity index (χ2v) is 4.04. The van der Waals surface area contributed by atoms with E-state index >= 15 is 0 Å². The Morgan fingerprint density at radius 2 is 2.18 bits per heavy atom. The van der Waals surface area contributed by atoms with Crippen molar-refractivity contribution in [3.05, 3.63) is 35.5 Å². The number of aromatic carboxylic acids is 1. The molecule has 4 nitrogen and oxygen atoms in total. The minimum absolute atomic E-state index is 0.308. The average Bonchev–Trinajstić information content (AvgIpc) is 2.64. The molecule has 1 N–H and O–H groups in total. The Labute approximate surface area is 99.4 Å². The first-order chi connectivity index (χ1) is 8.13. The Balaban J connectivity index is 2.58. The highest BCUT2D eigenvalue weighted by Crippen LogP contribution is 2.21. The van der Waals surface area contributed by atoms with Crippen LogP contribution in [0.5, 0.6) is 0 Å². The van der Waals surface area contributed by atoms with Crippen molar-refractivity contribution in [2.75, 3.05) is 13.7 Å². The highest BCUT2D eigenvalue weighted by Gasteiger charge is 2.14. The summed E-state index contributed by atoms with van der Waals surface area (Å²) in [6, 6.07) is 7.63. The number of nitrogens with zero attached hydrogens (tertiary/aromatic N) is 1. The van der Waals surface area contributed by atoms with Crippen molar-refractivity contribution in [3.8, 4) is 0 Å². The minimum Gasteiger partial charge on any atom is -0.477 e. The lowest BCUT2D eigenvalue weighted by atomic mass is 10.2. The number of carboxylic acids is 1. The van der Waals surface area contributed by atoms with Gasteiger partial charge in [-0.05, 0) is 25.1 Å². The topological polar surface area (TPSA) is 51.5 Å². The zero-order chi connectivity index (χ0) is 12.4. The summed E-state index contributed by atoms with van der Waals surface area (Å²) in [4.78, 5) is 11.2. The van der Waals surface area contributed by atoms with Crippen LogP contribution in [0.4, 0.5) is 0 Å². The Kier molecular flexibility index (Phi) is 3.15. The lowest BCUT2D eigenvalue weighted by Crippen LogP contribution is -2.11. The molecule has 17 heavy (non-hydrogen) atoms. The van der Waals surface area contributed by atoms with Crippen molar-refractivity contribution in [2.24, 2.45) is 0 Å². The number of aromatic nitrogens is 1. The molecule has 0 saturated carbocycles. The largest absolute Gasteiger partial charge is 0.477 e. The van der Waals surface area contributed by atoms with E-state index in [1.807, 2.05) is 25.1 Å². The zero-order valence-corrected chi connectivity index (χ0v) is 9.93. The van der Waals surface area contributed by atoms with Crippen LogP contribution in [-0.4, -0.2) is 29.4 Å². The van der Waals surface area contributed by atoms with Crippen LogP contribution in [0.15, 0.2) is 24.3 Å². The summed E-state index contributed by atoms with van der Waals surface area (Å²) in [6.45, 7) is 3.04. The average molecular weight is 233 g/mol. The van der Waals surface area contributed by atoms with Crippen molar-refractivity contribution < 1.29 is 14.6 Å². The maximum absolute atomic E-state index is 11.2. The van der Waals surface area contributed by atoms with Crippen LogP contribution in [0.3, 0.4) is 0 Å². The number of hydrogen-bond donors (Lipinski definition) is 1. The van der Waals surface area contributed by atoms with Gasteiger partial charge in [-0.2, -0.15) is 0 Å². The summed E-state index contributed by atoms with van der Waals surface area (Å²) < 4.78 is 6.79. The predicted molar refractivity (Wildman–Crippen MR) is 65.5 cm³/mol. The molecule has 2 aromatic rings. The van der Waals surface area contributed by atoms with Crippen molar-refractivity contribution in [2.45, 2.75) is 13.5 Å². The molecule has 1 aromatic carbocycles. The van der Waals surface area contributed by atoms with Gasteiger partial charge in [0.1, 0.15) is 5.69 Å². The molecule has 1 aromatic heterocycles. The third-order valence-electron chi connectivity index (χ3n) is 2.79. The lowest BCUT2D eigenvalue weighted by Gasteiger charge is -2.07. The van der Waals surface area contributed by atoms with E-state index in [0.29, 0.717) is 18.8 Å². The summed E-state index contributed by atoms with van der Waals surface area (Å²) in [5.41, 5.74) is 2.37. The van der Waals surface area contributed by atoms with E-state index in [9.17, 15) is 9.90 Å². The van der Waals surface area contributed by atoms with Crippen molar-refractivity contribution in [1.82, 2.24) is 4.57 Å². The summed E-state index contributed by atoms with van der Waals surface area (Å²) in [5.74, 6) is -0.907. The second-order valence-electron chi connectivity index (χ2n) is 4.04. The van der Waals surface area contributed by atoms with E-state index in [1.165, 1.54) is 0 Å². The van der Waals surface area contributed by atoms with Crippen LogP contribution >= 0.6 is 0 Å². The molecule has 0 aliphatic carbocycles. The SMILES string of the molecule is COCCn1c(C(=O)O)cc2cc(C)ccc21. The number of rotatable bonds is 4. The van der Waals surface area contributed by atoms with Gasteiger partial charge in [-0.25, -0.2) is 4.79 Å². The first-order valence-electron chi connectivity index (χ1n) is 5.45. The number of benzene rings is 1. The van der Waals surface area contributed by atoms with Gasteiger partial charge in [-0.3, -0.25) is 0 Å². The first kappa shape index (κ1) is 11.7. The summed E-state index contributed by atoms with van der Waals surface area (Å²) >= 11 is 0. The van der Waals surface area contributed by atoms with Gasteiger partial charge in [-0.1, -0.05) is 11.6 Å². The third-order valence-corrected chi connectivity index (χ3v) is 2.79. The molecule has 0 atom stereocenters. The smallest absolute Gasteiger partial charge is 0.352 e. The molecule has 0 fully saturated rings. The van der Waals surface area contributed by atoms with Gasteiger partial charge in [0.15, 0.2) is 0 Å². The Morgan fingerprint density at radius 1 is 1.41 bits per heavy atom. The summed E-state index contributed by atoms with van der Waals surface area (Å²) in [7, 11) is 1.61. The van der Waals surface area contributed by atoms with Crippen molar-refractivity contribution in [3.63, 3.8) is 0 Å². The molecular weight excluding hydrogens is 218 g/mol. The molecule has 0 aliphatic rings. The molecular formula is C13H15NO3. The van der Waals surface area contributed by atoms with E-state index in [-0.39, 0.29) is 0 Å². The fraction of sp³-hybridized carbons (Fsp3) is 0.308. The minimum atomic E-state index is -0.907. The second kappa shape index (κ2) is 4.59. The fourth-order valence-corrected chi connectivity index (χ4v) is 1.99. The molecule has 0 aliphatic heterocycles. The molecule has 4 heteroatoms. The highest BCUT2D eigenvalue weighted by molar-refractivity contribution is 5.94. The van der Waals surface area contributed by atoms with Crippen LogP contribution in [0.2, 0.25) is 0 Å². The maximum atomic E-state index is 11.2. The molecule has 2 rings (SSSR count). The van der Waals surface area contributed by atoms with Gasteiger partial charge in [0.05, 0.1) is 6.61 Å². The number of carboxylic acid groups (broad SMARTS) is 1. The molecule has 0 spiro atoms. The van der Waals surface area contributed by atoms with Crippen LogP contribution in [0, 0.1) is 6.92 Å². The molecule has 1 heterocycles. The monoisotopic (exact) mass is 233 g/mol. The predicted octanol–water partition coefficient (Wildman–Crippen LogP) is 2.29. The molecule has 0 amide bonds. The third kappa shape index (κ3) is 2.17. The summed E-state index contributed by atoms with van der Waals surface area (Å²) in [6.07, 6.45) is 0. The Bertz CT molecular complexity index is 557. The van der Waals surface area contributed by atoms with Crippen LogP contribution in [-0.2, 0) is 11.3 Å². The normalized spacial score (nSPS) is 10.9. The molecule has 0 radical (unpaired) electrons. The zero-order valence-electron chi connectivity index (χ0n) is 9.93. The number of hydrogen-bond acceptors (Lipinski definition) is 2. The fourth-order valence-electron chi connectivity index (χ4n) is 1.99. The number of fused-ring (bicyclic) bond motifs is 1. The number of ether oxygens (including phenoxy) is 1. The Morgan fingerprint density at radius 3 is 2.82 bits per heavy atom. The van der Waals surface area contributed by atoms with Gasteiger partial charge >= 0.3 is 5.97 Å². The van der Waals surface area contributed by atoms with E-state index in [2.05, 4.69) is 0 Å². The quantitative estimate of drug-likeness (QED) is 0.881. The van der Waals surface area contributed by atoms with Crippen LogP contribution < -0.4 is 0 Å². The molecule has 0 unspecified atom stereocenters. The van der Waals surface area contributed by atoms with E-state index in [0.717, 1.165) is 16.5 Å². The molecule has 90 valence electrons. The van der Waals surface area contributed by atoms with E-state index in [1.54, 1.807) is 17.7 Å². The van der Waals surface area contributed by atoms with Gasteiger partial charge in [0, 0.05) is 24.6 Å². The van der Waals surface area contributed by atoms with Gasteiger partial charge in [-0.15, -0.1) is 0 Å². The first-order valence-corrected chi connectivity index (χ1v) is 5.45. The maximum Gasteiger partial charge on any atom is 0.352 e. The van der Waals surface area contributed by atoms with Crippen LogP contribution in [0.25, 0.3) is 10.9 Å². The number of carbonyl (C=O) groups is 1.